The van der Waals surface area contributed by atoms with Gasteiger partial charge in [-0.1, -0.05) is 12.1 Å². The molecule has 0 N–H and O–H groups in total. The van der Waals surface area contributed by atoms with Crippen LogP contribution in [0.15, 0.2) is 47.1 Å². The van der Waals surface area contributed by atoms with Crippen molar-refractivity contribution in [2.75, 3.05) is 12.8 Å². The molecular formula is C16H17N3O3S2. The summed E-state index contributed by atoms with van der Waals surface area (Å²) in [5.41, 5.74) is 0.655. The number of imidazole rings is 1. The molecule has 0 aliphatic heterocycles. The highest BCUT2D eigenvalue weighted by Crippen LogP contribution is 2.20. The third-order valence-corrected chi connectivity index (χ3v) is 5.46. The van der Waals surface area contributed by atoms with Crippen molar-refractivity contribution < 1.29 is 13.2 Å². The second kappa shape index (κ2) is 6.37. The lowest BCUT2D eigenvalue weighted by atomic mass is 10.3. The summed E-state index contributed by atoms with van der Waals surface area (Å²) < 4.78 is 25.4. The summed E-state index contributed by atoms with van der Waals surface area (Å²) in [6, 6.07) is 9.07. The van der Waals surface area contributed by atoms with Gasteiger partial charge in [-0.25, -0.2) is 13.4 Å². The van der Waals surface area contributed by atoms with Gasteiger partial charge < -0.3 is 4.90 Å². The van der Waals surface area contributed by atoms with Crippen LogP contribution in [0.25, 0.3) is 5.52 Å². The van der Waals surface area contributed by atoms with E-state index in [-0.39, 0.29) is 16.8 Å². The average Bonchev–Trinajstić information content (AvgIpc) is 3.18. The standard InChI is InChI=1S/C16H17N3O3S2/c1-3-18(11-12-7-6-10-23-12)15(20)14-13-8-4-5-9-19(13)16(17-14)24(2,21)22/h4-10H,3,11H2,1-2H3. The molecule has 3 aromatic rings. The Kier molecular flexibility index (Phi) is 4.42. The number of hydrogen-bond donors (Lipinski definition) is 0. The Labute approximate surface area is 144 Å². The number of amides is 1. The SMILES string of the molecule is CCN(Cc1cccs1)C(=O)c1nc(S(C)(=O)=O)n2ccccc12. The second-order valence-electron chi connectivity index (χ2n) is 5.37. The molecule has 0 saturated heterocycles. The van der Waals surface area contributed by atoms with Crippen LogP contribution >= 0.6 is 11.3 Å². The number of thiophene rings is 1. The van der Waals surface area contributed by atoms with E-state index < -0.39 is 9.84 Å². The smallest absolute Gasteiger partial charge is 0.275 e. The molecule has 6 nitrogen and oxygen atoms in total. The average molecular weight is 363 g/mol. The van der Waals surface area contributed by atoms with Gasteiger partial charge in [-0.05, 0) is 30.5 Å². The Morgan fingerprint density at radius 3 is 2.71 bits per heavy atom. The molecule has 0 fully saturated rings. The van der Waals surface area contributed by atoms with E-state index >= 15 is 0 Å². The third kappa shape index (κ3) is 3.07. The summed E-state index contributed by atoms with van der Waals surface area (Å²) in [5, 5.41) is 1.84. The number of carbonyl (C=O) groups is 1. The van der Waals surface area contributed by atoms with Gasteiger partial charge >= 0.3 is 0 Å². The fourth-order valence-electron chi connectivity index (χ4n) is 2.50. The molecule has 1 amide bonds. The summed E-state index contributed by atoms with van der Waals surface area (Å²) >= 11 is 1.58. The van der Waals surface area contributed by atoms with Gasteiger partial charge in [0.2, 0.25) is 15.0 Å². The minimum atomic E-state index is -3.54. The monoisotopic (exact) mass is 363 g/mol. The first kappa shape index (κ1) is 16.7. The van der Waals surface area contributed by atoms with Gasteiger partial charge in [-0.15, -0.1) is 11.3 Å². The van der Waals surface area contributed by atoms with Crippen molar-refractivity contribution in [1.82, 2.24) is 14.3 Å². The first-order valence-electron chi connectivity index (χ1n) is 7.40. The van der Waals surface area contributed by atoms with Crippen LogP contribution in [0.3, 0.4) is 0 Å². The lowest BCUT2D eigenvalue weighted by Crippen LogP contribution is -2.30. The van der Waals surface area contributed by atoms with E-state index in [1.807, 2.05) is 24.4 Å². The first-order valence-corrected chi connectivity index (χ1v) is 10.2. The van der Waals surface area contributed by atoms with Gasteiger partial charge in [0, 0.05) is 23.9 Å². The molecule has 0 radical (unpaired) electrons. The zero-order valence-electron chi connectivity index (χ0n) is 13.3. The summed E-state index contributed by atoms with van der Waals surface area (Å²) in [6.45, 7) is 2.88. The normalized spacial score (nSPS) is 11.8. The van der Waals surface area contributed by atoms with E-state index in [4.69, 9.17) is 0 Å². The van der Waals surface area contributed by atoms with Crippen LogP contribution < -0.4 is 0 Å². The minimum Gasteiger partial charge on any atom is -0.332 e. The highest BCUT2D eigenvalue weighted by Gasteiger charge is 2.25. The van der Waals surface area contributed by atoms with Crippen molar-refractivity contribution in [2.45, 2.75) is 18.6 Å². The topological polar surface area (TPSA) is 71.8 Å². The van der Waals surface area contributed by atoms with Gasteiger partial charge in [0.15, 0.2) is 5.69 Å². The van der Waals surface area contributed by atoms with E-state index in [1.165, 1.54) is 4.40 Å². The van der Waals surface area contributed by atoms with E-state index in [2.05, 4.69) is 4.98 Å². The largest absolute Gasteiger partial charge is 0.332 e. The number of carbonyl (C=O) groups excluding carboxylic acids is 1. The maximum absolute atomic E-state index is 12.9. The van der Waals surface area contributed by atoms with Crippen molar-refractivity contribution in [1.29, 1.82) is 0 Å². The molecule has 0 atom stereocenters. The molecule has 0 saturated carbocycles. The van der Waals surface area contributed by atoms with Crippen LogP contribution in [0.4, 0.5) is 0 Å². The molecule has 0 aromatic carbocycles. The lowest BCUT2D eigenvalue weighted by molar-refractivity contribution is 0.0750. The molecule has 0 bridgehead atoms. The van der Waals surface area contributed by atoms with E-state index in [1.54, 1.807) is 40.6 Å². The Morgan fingerprint density at radius 1 is 1.29 bits per heavy atom. The number of hydrogen-bond acceptors (Lipinski definition) is 5. The second-order valence-corrected chi connectivity index (χ2v) is 8.31. The maximum Gasteiger partial charge on any atom is 0.275 e. The summed E-state index contributed by atoms with van der Waals surface area (Å²) in [6.07, 6.45) is 2.69. The maximum atomic E-state index is 12.9. The summed E-state index contributed by atoms with van der Waals surface area (Å²) in [4.78, 5) is 19.8. The Bertz CT molecular complexity index is 975. The number of pyridine rings is 1. The molecule has 3 aromatic heterocycles. The molecule has 24 heavy (non-hydrogen) atoms. The van der Waals surface area contributed by atoms with Gasteiger partial charge in [0.1, 0.15) is 0 Å². The van der Waals surface area contributed by atoms with Crippen LogP contribution in [0.5, 0.6) is 0 Å². The fourth-order valence-corrected chi connectivity index (χ4v) is 3.99. The van der Waals surface area contributed by atoms with E-state index in [9.17, 15) is 13.2 Å². The highest BCUT2D eigenvalue weighted by atomic mass is 32.2. The number of nitrogens with zero attached hydrogens (tertiary/aromatic N) is 3. The van der Waals surface area contributed by atoms with Gasteiger partial charge in [0.25, 0.3) is 5.91 Å². The predicted octanol–water partition coefficient (Wildman–Crippen LogP) is 2.46. The molecule has 126 valence electrons. The Balaban J connectivity index is 2.06. The molecule has 0 aliphatic carbocycles. The number of rotatable bonds is 5. The highest BCUT2D eigenvalue weighted by molar-refractivity contribution is 7.90. The van der Waals surface area contributed by atoms with Crippen LogP contribution in [0.2, 0.25) is 0 Å². The van der Waals surface area contributed by atoms with Gasteiger partial charge in [0.05, 0.1) is 12.1 Å². The first-order chi connectivity index (χ1) is 11.4. The zero-order valence-corrected chi connectivity index (χ0v) is 15.0. The summed E-state index contributed by atoms with van der Waals surface area (Å²) in [7, 11) is -3.54. The number of aromatic nitrogens is 2. The molecule has 0 aliphatic rings. The third-order valence-electron chi connectivity index (χ3n) is 3.65. The van der Waals surface area contributed by atoms with Crippen molar-refractivity contribution >= 4 is 32.6 Å². The van der Waals surface area contributed by atoms with Crippen molar-refractivity contribution in [3.05, 3.63) is 52.5 Å². The Hall–Kier alpha value is -2.19. The van der Waals surface area contributed by atoms with E-state index in [0.29, 0.717) is 18.6 Å². The minimum absolute atomic E-state index is 0.117. The number of sulfone groups is 1. The molecule has 0 unspecified atom stereocenters. The van der Waals surface area contributed by atoms with Gasteiger partial charge in [-0.2, -0.15) is 0 Å². The summed E-state index contributed by atoms with van der Waals surface area (Å²) in [5.74, 6) is -0.274. The van der Waals surface area contributed by atoms with Crippen molar-refractivity contribution in [2.24, 2.45) is 0 Å². The lowest BCUT2D eigenvalue weighted by Gasteiger charge is -2.19. The number of fused-ring (bicyclic) bond motifs is 1. The van der Waals surface area contributed by atoms with Crippen LogP contribution in [-0.4, -0.2) is 41.4 Å². The molecule has 3 heterocycles. The van der Waals surface area contributed by atoms with Crippen LogP contribution in [0.1, 0.15) is 22.3 Å². The zero-order chi connectivity index (χ0) is 17.3. The van der Waals surface area contributed by atoms with Crippen molar-refractivity contribution in [3.8, 4) is 0 Å². The van der Waals surface area contributed by atoms with Crippen LogP contribution in [-0.2, 0) is 16.4 Å². The van der Waals surface area contributed by atoms with Crippen molar-refractivity contribution in [3.63, 3.8) is 0 Å². The van der Waals surface area contributed by atoms with Gasteiger partial charge in [-0.3, -0.25) is 9.20 Å². The molecule has 3 rings (SSSR count). The molecule has 8 heteroatoms. The van der Waals surface area contributed by atoms with Crippen LogP contribution in [0, 0.1) is 0 Å². The Morgan fingerprint density at radius 2 is 2.08 bits per heavy atom. The quantitative estimate of drug-likeness (QED) is 0.698. The predicted molar refractivity (Wildman–Crippen MR) is 93.0 cm³/mol. The van der Waals surface area contributed by atoms with E-state index in [0.717, 1.165) is 11.1 Å². The molecular weight excluding hydrogens is 346 g/mol. The molecule has 0 spiro atoms. The fraction of sp³-hybridized carbons (Fsp3) is 0.250.